The van der Waals surface area contributed by atoms with Gasteiger partial charge in [-0.1, -0.05) is 27.3 Å². The molecule has 8 heteroatoms. The summed E-state index contributed by atoms with van der Waals surface area (Å²) in [5.74, 6) is -0.278. The monoisotopic (exact) mass is 428 g/mol. The smallest absolute Gasteiger partial charge is 0.208 e. The van der Waals surface area contributed by atoms with E-state index in [0.29, 0.717) is 16.6 Å². The summed E-state index contributed by atoms with van der Waals surface area (Å²) < 4.78 is 20.3. The summed E-state index contributed by atoms with van der Waals surface area (Å²) in [5.41, 5.74) is 0.488. The number of benzene rings is 1. The highest BCUT2D eigenvalue weighted by molar-refractivity contribution is 9.10. The third-order valence-corrected chi connectivity index (χ3v) is 5.85. The van der Waals surface area contributed by atoms with Crippen LogP contribution in [0.15, 0.2) is 22.7 Å². The number of piperazine rings is 1. The second-order valence-electron chi connectivity index (χ2n) is 6.04. The quantitative estimate of drug-likeness (QED) is 0.656. The van der Waals surface area contributed by atoms with E-state index in [1.54, 1.807) is 12.1 Å². The summed E-state index contributed by atoms with van der Waals surface area (Å²) in [6.07, 6.45) is 0. The average molecular weight is 429 g/mol. The van der Waals surface area contributed by atoms with Gasteiger partial charge in [-0.15, -0.1) is 10.2 Å². The first-order chi connectivity index (χ1) is 12.1. The second-order valence-corrected chi connectivity index (χ2v) is 7.91. The molecule has 2 aromatic rings. The Hall–Kier alpha value is -1.09. The zero-order chi connectivity index (χ0) is 17.8. The van der Waals surface area contributed by atoms with Gasteiger partial charge in [-0.25, -0.2) is 4.39 Å². The van der Waals surface area contributed by atoms with Crippen molar-refractivity contribution in [2.45, 2.75) is 19.9 Å². The first kappa shape index (κ1) is 18.7. The number of aromatic nitrogens is 2. The van der Waals surface area contributed by atoms with E-state index in [1.165, 1.54) is 17.4 Å². The fourth-order valence-electron chi connectivity index (χ4n) is 2.94. The van der Waals surface area contributed by atoms with E-state index in [-0.39, 0.29) is 5.82 Å². The largest absolute Gasteiger partial charge is 0.380 e. The van der Waals surface area contributed by atoms with E-state index in [4.69, 9.17) is 4.74 Å². The van der Waals surface area contributed by atoms with Crippen LogP contribution >= 0.6 is 27.3 Å². The summed E-state index contributed by atoms with van der Waals surface area (Å²) >= 11 is 4.82. The normalized spacial score (nSPS) is 18.7. The Morgan fingerprint density at radius 1 is 1.36 bits per heavy atom. The first-order valence-corrected chi connectivity index (χ1v) is 10.0. The van der Waals surface area contributed by atoms with Crippen molar-refractivity contribution in [1.82, 2.24) is 15.1 Å². The minimum Gasteiger partial charge on any atom is -0.380 e. The fourth-order valence-corrected chi connectivity index (χ4v) is 4.20. The molecule has 136 valence electrons. The van der Waals surface area contributed by atoms with Crippen molar-refractivity contribution >= 4 is 32.4 Å². The molecule has 0 spiro atoms. The molecule has 1 aromatic carbocycles. The molecule has 1 atom stereocenters. The summed E-state index contributed by atoms with van der Waals surface area (Å²) in [5, 5.41) is 9.96. The Kier molecular flexibility index (Phi) is 6.38. The number of hydrogen-bond donors (Lipinski definition) is 0. The maximum Gasteiger partial charge on any atom is 0.208 e. The van der Waals surface area contributed by atoms with Gasteiger partial charge in [0.15, 0.2) is 5.01 Å². The van der Waals surface area contributed by atoms with Crippen LogP contribution in [0, 0.1) is 5.82 Å². The van der Waals surface area contributed by atoms with Gasteiger partial charge in [0.05, 0.1) is 6.61 Å². The summed E-state index contributed by atoms with van der Waals surface area (Å²) in [7, 11) is 0. The Balaban J connectivity index is 1.66. The molecule has 1 aromatic heterocycles. The van der Waals surface area contributed by atoms with Crippen molar-refractivity contribution < 1.29 is 9.13 Å². The molecule has 1 aliphatic rings. The van der Waals surface area contributed by atoms with Crippen LogP contribution in [0.1, 0.15) is 13.8 Å². The van der Waals surface area contributed by atoms with E-state index < -0.39 is 0 Å². The molecule has 0 bridgehead atoms. The van der Waals surface area contributed by atoms with Gasteiger partial charge in [-0.05, 0) is 32.0 Å². The van der Waals surface area contributed by atoms with E-state index >= 15 is 0 Å². The van der Waals surface area contributed by atoms with Crippen LogP contribution in [0.5, 0.6) is 0 Å². The minimum atomic E-state index is -0.278. The zero-order valence-electron chi connectivity index (χ0n) is 14.4. The predicted octanol–water partition coefficient (Wildman–Crippen LogP) is 3.65. The van der Waals surface area contributed by atoms with E-state index in [2.05, 4.69) is 42.9 Å². The van der Waals surface area contributed by atoms with Crippen LogP contribution in [0.4, 0.5) is 9.52 Å². The van der Waals surface area contributed by atoms with Crippen LogP contribution in [0.3, 0.4) is 0 Å². The second kappa shape index (κ2) is 8.53. The van der Waals surface area contributed by atoms with Gasteiger partial charge in [0.1, 0.15) is 5.82 Å². The van der Waals surface area contributed by atoms with Crippen LogP contribution in [-0.4, -0.2) is 60.5 Å². The molecule has 0 radical (unpaired) electrons. The zero-order valence-corrected chi connectivity index (χ0v) is 16.8. The highest BCUT2D eigenvalue weighted by atomic mass is 79.9. The number of nitrogens with zero attached hydrogens (tertiary/aromatic N) is 4. The molecule has 1 saturated heterocycles. The Morgan fingerprint density at radius 3 is 2.96 bits per heavy atom. The SMILES string of the molecule is CCOCCN1CCN(c2nnc(-c3cc(Br)ccc3F)s2)CC1C. The number of halogens is 2. The number of ether oxygens (including phenoxy) is 1. The molecule has 2 heterocycles. The molecule has 0 amide bonds. The Morgan fingerprint density at radius 2 is 2.20 bits per heavy atom. The third-order valence-electron chi connectivity index (χ3n) is 4.34. The van der Waals surface area contributed by atoms with E-state index in [0.717, 1.165) is 49.0 Å². The molecular weight excluding hydrogens is 407 g/mol. The lowest BCUT2D eigenvalue weighted by molar-refractivity contribution is 0.0926. The third kappa shape index (κ3) is 4.55. The highest BCUT2D eigenvalue weighted by Gasteiger charge is 2.26. The standard InChI is InChI=1S/C17H22BrFN4OS/c1-3-24-9-8-22-6-7-23(11-12(22)2)17-21-20-16(25-17)14-10-13(18)4-5-15(14)19/h4-5,10,12H,3,6-9,11H2,1-2H3. The molecule has 3 rings (SSSR count). The lowest BCUT2D eigenvalue weighted by Gasteiger charge is -2.39. The maximum atomic E-state index is 14.1. The fraction of sp³-hybridized carbons (Fsp3) is 0.529. The van der Waals surface area contributed by atoms with E-state index in [1.807, 2.05) is 6.92 Å². The van der Waals surface area contributed by atoms with Gasteiger partial charge in [-0.2, -0.15) is 0 Å². The molecule has 1 fully saturated rings. The van der Waals surface area contributed by atoms with Crippen molar-refractivity contribution in [3.05, 3.63) is 28.5 Å². The number of anilines is 1. The predicted molar refractivity (Wildman–Crippen MR) is 103 cm³/mol. The Labute approximate surface area is 159 Å². The van der Waals surface area contributed by atoms with Gasteiger partial charge in [0.25, 0.3) is 0 Å². The average Bonchev–Trinajstić information content (AvgIpc) is 3.08. The van der Waals surface area contributed by atoms with Crippen molar-refractivity contribution in [3.63, 3.8) is 0 Å². The molecule has 5 nitrogen and oxygen atoms in total. The van der Waals surface area contributed by atoms with Crippen LogP contribution in [0.25, 0.3) is 10.6 Å². The van der Waals surface area contributed by atoms with E-state index in [9.17, 15) is 4.39 Å². The minimum absolute atomic E-state index is 0.278. The molecular formula is C17H22BrFN4OS. The lowest BCUT2D eigenvalue weighted by atomic mass is 10.2. The van der Waals surface area contributed by atoms with Gasteiger partial charge in [0.2, 0.25) is 5.13 Å². The number of hydrogen-bond acceptors (Lipinski definition) is 6. The Bertz CT molecular complexity index is 714. The topological polar surface area (TPSA) is 41.5 Å². The summed E-state index contributed by atoms with van der Waals surface area (Å²) in [6.45, 7) is 9.46. The number of rotatable bonds is 6. The van der Waals surface area contributed by atoms with Gasteiger partial charge >= 0.3 is 0 Å². The summed E-state index contributed by atoms with van der Waals surface area (Å²) in [6, 6.07) is 5.29. The molecule has 0 aliphatic carbocycles. The van der Waals surface area contributed by atoms with Crippen molar-refractivity contribution in [3.8, 4) is 10.6 Å². The van der Waals surface area contributed by atoms with Crippen molar-refractivity contribution in [2.75, 3.05) is 44.3 Å². The molecule has 25 heavy (non-hydrogen) atoms. The molecule has 0 saturated carbocycles. The maximum absolute atomic E-state index is 14.1. The van der Waals surface area contributed by atoms with Gasteiger partial charge in [0, 0.05) is 48.9 Å². The lowest BCUT2D eigenvalue weighted by Crippen LogP contribution is -2.52. The van der Waals surface area contributed by atoms with Crippen molar-refractivity contribution in [2.24, 2.45) is 0 Å². The highest BCUT2D eigenvalue weighted by Crippen LogP contribution is 2.32. The first-order valence-electron chi connectivity index (χ1n) is 8.44. The molecule has 1 unspecified atom stereocenters. The van der Waals surface area contributed by atoms with Gasteiger partial charge in [-0.3, -0.25) is 4.90 Å². The molecule has 1 aliphatic heterocycles. The molecule has 0 N–H and O–H groups in total. The van der Waals surface area contributed by atoms with Crippen LogP contribution in [0.2, 0.25) is 0 Å². The van der Waals surface area contributed by atoms with Gasteiger partial charge < -0.3 is 9.64 Å². The summed E-state index contributed by atoms with van der Waals surface area (Å²) in [4.78, 5) is 4.67. The van der Waals surface area contributed by atoms with Crippen LogP contribution < -0.4 is 4.90 Å². The van der Waals surface area contributed by atoms with Crippen LogP contribution in [-0.2, 0) is 4.74 Å². The van der Waals surface area contributed by atoms with Crippen molar-refractivity contribution in [1.29, 1.82) is 0 Å².